The van der Waals surface area contributed by atoms with E-state index in [1.807, 2.05) is 25.1 Å². The minimum absolute atomic E-state index is 0.125. The molecule has 0 saturated heterocycles. The van der Waals surface area contributed by atoms with Gasteiger partial charge in [-0.2, -0.15) is 8.42 Å². The van der Waals surface area contributed by atoms with Gasteiger partial charge in [-0.3, -0.25) is 4.99 Å². The van der Waals surface area contributed by atoms with Gasteiger partial charge in [0.15, 0.2) is 0 Å². The Balaban J connectivity index is 1.72. The molecule has 0 atom stereocenters. The van der Waals surface area contributed by atoms with Crippen molar-refractivity contribution in [2.45, 2.75) is 18.7 Å². The van der Waals surface area contributed by atoms with Crippen molar-refractivity contribution in [2.75, 3.05) is 0 Å². The van der Waals surface area contributed by atoms with Crippen LogP contribution in [0.3, 0.4) is 0 Å². The van der Waals surface area contributed by atoms with E-state index in [0.29, 0.717) is 0 Å². The van der Waals surface area contributed by atoms with Crippen LogP contribution in [-0.2, 0) is 10.1 Å². The van der Waals surface area contributed by atoms with Crippen molar-refractivity contribution >= 4 is 22.0 Å². The predicted octanol–water partition coefficient (Wildman–Crippen LogP) is 4.82. The SMILES string of the molecule is Cc1ccc(N=Cc2ccc(OS(=O)(=O)c3ccccc3)cc2)cc1C. The molecule has 4 nitrogen and oxygen atoms in total. The molecule has 0 aliphatic carbocycles. The third kappa shape index (κ3) is 4.37. The molecule has 0 amide bonds. The van der Waals surface area contributed by atoms with Crippen LogP contribution in [0.2, 0.25) is 0 Å². The minimum atomic E-state index is -3.82. The molecule has 132 valence electrons. The molecule has 3 aromatic rings. The first kappa shape index (κ1) is 17.9. The van der Waals surface area contributed by atoms with Crippen LogP contribution in [0.1, 0.15) is 16.7 Å². The minimum Gasteiger partial charge on any atom is -0.379 e. The topological polar surface area (TPSA) is 55.7 Å². The molecule has 0 fully saturated rings. The Morgan fingerprint density at radius 1 is 0.846 bits per heavy atom. The second-order valence-electron chi connectivity index (χ2n) is 5.95. The zero-order valence-electron chi connectivity index (χ0n) is 14.6. The van der Waals surface area contributed by atoms with Gasteiger partial charge >= 0.3 is 10.1 Å². The summed E-state index contributed by atoms with van der Waals surface area (Å²) in [6, 6.07) is 20.8. The summed E-state index contributed by atoms with van der Waals surface area (Å²) < 4.78 is 29.6. The first-order chi connectivity index (χ1) is 12.4. The molecule has 26 heavy (non-hydrogen) atoms. The molecule has 3 rings (SSSR count). The summed E-state index contributed by atoms with van der Waals surface area (Å²) in [6.45, 7) is 4.11. The van der Waals surface area contributed by atoms with E-state index < -0.39 is 10.1 Å². The van der Waals surface area contributed by atoms with Gasteiger partial charge in [0, 0.05) is 6.21 Å². The summed E-state index contributed by atoms with van der Waals surface area (Å²) in [6.07, 6.45) is 1.74. The molecule has 5 heteroatoms. The van der Waals surface area contributed by atoms with E-state index in [1.54, 1.807) is 48.7 Å². The van der Waals surface area contributed by atoms with Crippen molar-refractivity contribution in [3.63, 3.8) is 0 Å². The summed E-state index contributed by atoms with van der Waals surface area (Å²) in [5.41, 5.74) is 4.15. The van der Waals surface area contributed by atoms with Crippen LogP contribution < -0.4 is 4.18 Å². The molecule has 0 N–H and O–H groups in total. The maximum atomic E-state index is 12.2. The van der Waals surface area contributed by atoms with E-state index in [1.165, 1.54) is 23.3 Å². The number of nitrogens with zero attached hydrogens (tertiary/aromatic N) is 1. The van der Waals surface area contributed by atoms with Crippen molar-refractivity contribution in [1.82, 2.24) is 0 Å². The average Bonchev–Trinajstić information content (AvgIpc) is 2.64. The van der Waals surface area contributed by atoms with Gasteiger partial charge in [0.1, 0.15) is 10.6 Å². The summed E-state index contributed by atoms with van der Waals surface area (Å²) in [7, 11) is -3.82. The molecular weight excluding hydrogens is 346 g/mol. The number of hydrogen-bond acceptors (Lipinski definition) is 4. The highest BCUT2D eigenvalue weighted by atomic mass is 32.2. The summed E-state index contributed by atoms with van der Waals surface area (Å²) in [5.74, 6) is 0.261. The molecular formula is C21H19NO3S. The zero-order valence-corrected chi connectivity index (χ0v) is 15.4. The highest BCUT2D eigenvalue weighted by molar-refractivity contribution is 7.87. The number of aryl methyl sites for hydroxylation is 2. The van der Waals surface area contributed by atoms with Crippen molar-refractivity contribution in [3.05, 3.63) is 89.5 Å². The summed E-state index contributed by atoms with van der Waals surface area (Å²) in [5, 5.41) is 0. The fourth-order valence-electron chi connectivity index (χ4n) is 2.33. The van der Waals surface area contributed by atoms with Crippen LogP contribution in [-0.4, -0.2) is 14.6 Å². The van der Waals surface area contributed by atoms with E-state index in [4.69, 9.17) is 4.18 Å². The van der Waals surface area contributed by atoms with Crippen molar-refractivity contribution < 1.29 is 12.6 Å². The molecule has 0 aliphatic rings. The summed E-state index contributed by atoms with van der Waals surface area (Å²) >= 11 is 0. The van der Waals surface area contributed by atoms with Gasteiger partial charge in [-0.15, -0.1) is 0 Å². The van der Waals surface area contributed by atoms with Gasteiger partial charge in [0.25, 0.3) is 0 Å². The Morgan fingerprint density at radius 3 is 2.19 bits per heavy atom. The fraction of sp³-hybridized carbons (Fsp3) is 0.0952. The lowest BCUT2D eigenvalue weighted by molar-refractivity contribution is 0.486. The molecule has 0 aliphatic heterocycles. The Hall–Kier alpha value is -2.92. The second-order valence-corrected chi connectivity index (χ2v) is 7.49. The number of aliphatic imine (C=N–C) groups is 1. The van der Waals surface area contributed by atoms with E-state index in [0.717, 1.165) is 11.3 Å². The maximum Gasteiger partial charge on any atom is 0.339 e. The number of benzene rings is 3. The van der Waals surface area contributed by atoms with Crippen LogP contribution in [0.4, 0.5) is 5.69 Å². The monoisotopic (exact) mass is 365 g/mol. The first-order valence-electron chi connectivity index (χ1n) is 8.15. The Morgan fingerprint density at radius 2 is 1.54 bits per heavy atom. The van der Waals surface area contributed by atoms with E-state index in [-0.39, 0.29) is 10.6 Å². The highest BCUT2D eigenvalue weighted by Gasteiger charge is 2.15. The lowest BCUT2D eigenvalue weighted by atomic mass is 10.1. The van der Waals surface area contributed by atoms with Crippen LogP contribution >= 0.6 is 0 Å². The lowest BCUT2D eigenvalue weighted by Crippen LogP contribution is -2.09. The average molecular weight is 365 g/mol. The first-order valence-corrected chi connectivity index (χ1v) is 9.56. The third-order valence-corrected chi connectivity index (χ3v) is 5.23. The highest BCUT2D eigenvalue weighted by Crippen LogP contribution is 2.20. The van der Waals surface area contributed by atoms with Crippen molar-refractivity contribution in [3.8, 4) is 5.75 Å². The molecule has 3 aromatic carbocycles. The van der Waals surface area contributed by atoms with Gasteiger partial charge < -0.3 is 4.18 Å². The van der Waals surface area contributed by atoms with Gasteiger partial charge in [0.2, 0.25) is 0 Å². The molecule has 0 heterocycles. The van der Waals surface area contributed by atoms with Crippen LogP contribution in [0, 0.1) is 13.8 Å². The molecule has 0 radical (unpaired) electrons. The molecule has 0 saturated carbocycles. The van der Waals surface area contributed by atoms with Crippen molar-refractivity contribution in [2.24, 2.45) is 4.99 Å². The Labute approximate surface area is 153 Å². The standard InChI is InChI=1S/C21H19NO3S/c1-16-8-11-19(14-17(16)2)22-15-18-9-12-20(13-10-18)25-26(23,24)21-6-4-3-5-7-21/h3-15H,1-2H3. The van der Waals surface area contributed by atoms with E-state index in [9.17, 15) is 8.42 Å². The maximum absolute atomic E-state index is 12.2. The number of hydrogen-bond donors (Lipinski definition) is 0. The molecule has 0 unspecified atom stereocenters. The normalized spacial score (nSPS) is 11.6. The van der Waals surface area contributed by atoms with Crippen LogP contribution in [0.25, 0.3) is 0 Å². The fourth-order valence-corrected chi connectivity index (χ4v) is 3.28. The lowest BCUT2D eigenvalue weighted by Gasteiger charge is -2.07. The second kappa shape index (κ2) is 7.54. The largest absolute Gasteiger partial charge is 0.379 e. The quantitative estimate of drug-likeness (QED) is 0.481. The third-order valence-electron chi connectivity index (χ3n) is 3.97. The predicted molar refractivity (Wildman–Crippen MR) is 104 cm³/mol. The molecule has 0 spiro atoms. The summed E-state index contributed by atoms with van der Waals surface area (Å²) in [4.78, 5) is 4.57. The van der Waals surface area contributed by atoms with Gasteiger partial charge in [0.05, 0.1) is 5.69 Å². The number of rotatable bonds is 5. The van der Waals surface area contributed by atoms with E-state index >= 15 is 0 Å². The Bertz CT molecular complexity index is 1020. The van der Waals surface area contributed by atoms with Gasteiger partial charge in [-0.1, -0.05) is 24.3 Å². The van der Waals surface area contributed by atoms with Crippen molar-refractivity contribution in [1.29, 1.82) is 0 Å². The van der Waals surface area contributed by atoms with Gasteiger partial charge in [-0.05, 0) is 79.1 Å². The zero-order chi connectivity index (χ0) is 18.6. The Kier molecular flexibility index (Phi) is 5.19. The van der Waals surface area contributed by atoms with Crippen LogP contribution in [0.15, 0.2) is 82.7 Å². The van der Waals surface area contributed by atoms with Gasteiger partial charge in [-0.25, -0.2) is 0 Å². The smallest absolute Gasteiger partial charge is 0.339 e. The van der Waals surface area contributed by atoms with Crippen LogP contribution in [0.5, 0.6) is 5.75 Å². The van der Waals surface area contributed by atoms with E-state index in [2.05, 4.69) is 11.9 Å². The molecule has 0 aromatic heterocycles. The molecule has 0 bridgehead atoms.